The summed E-state index contributed by atoms with van der Waals surface area (Å²) in [7, 11) is 0. The van der Waals surface area contributed by atoms with Crippen molar-refractivity contribution in [3.63, 3.8) is 0 Å². The summed E-state index contributed by atoms with van der Waals surface area (Å²) >= 11 is 1.30. The number of benzene rings is 2. The number of nitrogens with zero attached hydrogens (tertiary/aromatic N) is 2. The highest BCUT2D eigenvalue weighted by atomic mass is 32.1. The number of anilines is 1. The Labute approximate surface area is 161 Å². The number of nitriles is 1. The summed E-state index contributed by atoms with van der Waals surface area (Å²) in [4.78, 5) is 16.8. The first kappa shape index (κ1) is 18.4. The van der Waals surface area contributed by atoms with Crippen LogP contribution in [0.1, 0.15) is 16.7 Å². The zero-order valence-electron chi connectivity index (χ0n) is 14.9. The fourth-order valence-electron chi connectivity index (χ4n) is 2.63. The number of phenolic OH excluding ortho intramolecular Hbond substituents is 1. The minimum Gasteiger partial charge on any atom is -0.507 e. The van der Waals surface area contributed by atoms with Crippen molar-refractivity contribution in [2.75, 3.05) is 5.32 Å². The van der Waals surface area contributed by atoms with Crippen LogP contribution in [0.5, 0.6) is 5.75 Å². The predicted octanol–water partition coefficient (Wildman–Crippen LogP) is 4.68. The van der Waals surface area contributed by atoms with Gasteiger partial charge in [-0.2, -0.15) is 5.26 Å². The molecule has 134 valence electrons. The second kappa shape index (κ2) is 7.85. The van der Waals surface area contributed by atoms with Crippen molar-refractivity contribution in [2.24, 2.45) is 0 Å². The maximum absolute atomic E-state index is 12.4. The highest BCUT2D eigenvalue weighted by molar-refractivity contribution is 7.14. The highest BCUT2D eigenvalue weighted by Crippen LogP contribution is 2.26. The molecular formula is C21H17N3O2S. The smallest absolute Gasteiger partial charge is 0.268 e. The SMILES string of the molecule is Cc1cc(/C=C(\C#N)C(=O)Nc2nc(-c3ccccc3)cs2)cc(C)c1O. The van der Waals surface area contributed by atoms with Crippen LogP contribution in [0.25, 0.3) is 17.3 Å². The zero-order valence-corrected chi connectivity index (χ0v) is 15.7. The third kappa shape index (κ3) is 4.22. The lowest BCUT2D eigenvalue weighted by atomic mass is 10.0. The summed E-state index contributed by atoms with van der Waals surface area (Å²) in [6.07, 6.45) is 1.50. The molecule has 0 aliphatic rings. The standard InChI is InChI=1S/C21H17N3O2S/c1-13-8-15(9-14(2)19(13)25)10-17(11-22)20(26)24-21-23-18(12-27-21)16-6-4-3-5-7-16/h3-10,12,25H,1-2H3,(H,23,24,26)/b17-10+. The van der Waals surface area contributed by atoms with Gasteiger partial charge in [-0.15, -0.1) is 11.3 Å². The largest absolute Gasteiger partial charge is 0.507 e. The molecule has 0 aliphatic heterocycles. The number of aryl methyl sites for hydroxylation is 2. The van der Waals surface area contributed by atoms with Gasteiger partial charge in [-0.05, 0) is 48.7 Å². The molecule has 5 nitrogen and oxygen atoms in total. The molecule has 0 saturated heterocycles. The Balaban J connectivity index is 1.80. The van der Waals surface area contributed by atoms with Crippen molar-refractivity contribution in [3.8, 4) is 23.1 Å². The normalized spacial score (nSPS) is 11.1. The van der Waals surface area contributed by atoms with Gasteiger partial charge in [-0.25, -0.2) is 4.98 Å². The van der Waals surface area contributed by atoms with E-state index in [1.54, 1.807) is 26.0 Å². The molecule has 0 aliphatic carbocycles. The van der Waals surface area contributed by atoms with E-state index >= 15 is 0 Å². The average molecular weight is 375 g/mol. The molecule has 6 heteroatoms. The number of aromatic hydroxyl groups is 1. The molecule has 0 fully saturated rings. The Morgan fingerprint density at radius 2 is 1.89 bits per heavy atom. The first-order valence-corrected chi connectivity index (χ1v) is 9.10. The third-order valence-corrected chi connectivity index (χ3v) is 4.74. The van der Waals surface area contributed by atoms with Gasteiger partial charge in [0.05, 0.1) is 5.69 Å². The quantitative estimate of drug-likeness (QED) is 0.512. The number of thiazole rings is 1. The predicted molar refractivity (Wildman–Crippen MR) is 107 cm³/mol. The number of carbonyl (C=O) groups excluding carboxylic acids is 1. The Morgan fingerprint density at radius 1 is 1.22 bits per heavy atom. The Kier molecular flexibility index (Phi) is 5.34. The molecule has 1 amide bonds. The monoisotopic (exact) mass is 375 g/mol. The van der Waals surface area contributed by atoms with E-state index in [1.807, 2.05) is 41.8 Å². The molecule has 0 bridgehead atoms. The van der Waals surface area contributed by atoms with E-state index in [0.717, 1.165) is 11.3 Å². The van der Waals surface area contributed by atoms with Crippen LogP contribution in [0.4, 0.5) is 5.13 Å². The van der Waals surface area contributed by atoms with Gasteiger partial charge in [0.15, 0.2) is 5.13 Å². The van der Waals surface area contributed by atoms with Crippen molar-refractivity contribution in [1.29, 1.82) is 5.26 Å². The average Bonchev–Trinajstić information content (AvgIpc) is 3.13. The molecule has 0 unspecified atom stereocenters. The lowest BCUT2D eigenvalue weighted by Gasteiger charge is -2.05. The lowest BCUT2D eigenvalue weighted by Crippen LogP contribution is -2.13. The van der Waals surface area contributed by atoms with E-state index in [2.05, 4.69) is 10.3 Å². The molecule has 1 heterocycles. The molecular weight excluding hydrogens is 358 g/mol. The number of nitrogens with one attached hydrogen (secondary N) is 1. The van der Waals surface area contributed by atoms with Gasteiger partial charge < -0.3 is 5.11 Å². The minimum absolute atomic E-state index is 0.0315. The van der Waals surface area contributed by atoms with Crippen LogP contribution in [0, 0.1) is 25.2 Å². The van der Waals surface area contributed by atoms with Crippen molar-refractivity contribution in [2.45, 2.75) is 13.8 Å². The molecule has 3 rings (SSSR count). The van der Waals surface area contributed by atoms with Gasteiger partial charge in [-0.1, -0.05) is 30.3 Å². The van der Waals surface area contributed by atoms with E-state index in [4.69, 9.17) is 0 Å². The highest BCUT2D eigenvalue weighted by Gasteiger charge is 2.13. The number of hydrogen-bond donors (Lipinski definition) is 2. The number of rotatable bonds is 4. The van der Waals surface area contributed by atoms with Crippen LogP contribution in [-0.4, -0.2) is 16.0 Å². The second-order valence-corrected chi connectivity index (χ2v) is 6.89. The van der Waals surface area contributed by atoms with Crippen molar-refractivity contribution >= 4 is 28.5 Å². The van der Waals surface area contributed by atoms with Crippen molar-refractivity contribution < 1.29 is 9.90 Å². The van der Waals surface area contributed by atoms with Gasteiger partial charge >= 0.3 is 0 Å². The van der Waals surface area contributed by atoms with Crippen LogP contribution in [-0.2, 0) is 4.79 Å². The van der Waals surface area contributed by atoms with Crippen LogP contribution in [0.2, 0.25) is 0 Å². The Bertz CT molecular complexity index is 1040. The van der Waals surface area contributed by atoms with Crippen LogP contribution in [0.3, 0.4) is 0 Å². The van der Waals surface area contributed by atoms with E-state index in [-0.39, 0.29) is 11.3 Å². The van der Waals surface area contributed by atoms with E-state index < -0.39 is 5.91 Å². The summed E-state index contributed by atoms with van der Waals surface area (Å²) in [5.74, 6) is -0.304. The molecule has 0 atom stereocenters. The van der Waals surface area contributed by atoms with Gasteiger partial charge in [0.25, 0.3) is 5.91 Å². The summed E-state index contributed by atoms with van der Waals surface area (Å²) in [5, 5.41) is 24.2. The topological polar surface area (TPSA) is 86.0 Å². The molecule has 0 saturated carbocycles. The number of amides is 1. The minimum atomic E-state index is -0.519. The third-order valence-electron chi connectivity index (χ3n) is 3.98. The molecule has 1 aromatic heterocycles. The summed E-state index contributed by atoms with van der Waals surface area (Å²) in [5.41, 5.74) is 3.75. The Hall–Kier alpha value is -3.43. The first-order valence-electron chi connectivity index (χ1n) is 8.22. The molecule has 0 radical (unpaired) electrons. The van der Waals surface area contributed by atoms with Gasteiger partial charge in [0.1, 0.15) is 17.4 Å². The van der Waals surface area contributed by atoms with Crippen LogP contribution < -0.4 is 5.32 Å². The maximum Gasteiger partial charge on any atom is 0.268 e. The van der Waals surface area contributed by atoms with Gasteiger partial charge in [-0.3, -0.25) is 10.1 Å². The molecule has 0 spiro atoms. The summed E-state index contributed by atoms with van der Waals surface area (Å²) in [6.45, 7) is 3.54. The van der Waals surface area contributed by atoms with Crippen molar-refractivity contribution in [1.82, 2.24) is 4.98 Å². The van der Waals surface area contributed by atoms with Crippen LogP contribution in [0.15, 0.2) is 53.4 Å². The maximum atomic E-state index is 12.4. The number of phenols is 1. The fraction of sp³-hybridized carbons (Fsp3) is 0.0952. The van der Waals surface area contributed by atoms with Gasteiger partial charge in [0, 0.05) is 10.9 Å². The van der Waals surface area contributed by atoms with E-state index in [0.29, 0.717) is 21.8 Å². The van der Waals surface area contributed by atoms with E-state index in [1.165, 1.54) is 17.4 Å². The van der Waals surface area contributed by atoms with E-state index in [9.17, 15) is 15.2 Å². The number of hydrogen-bond acceptors (Lipinski definition) is 5. The van der Waals surface area contributed by atoms with Crippen LogP contribution >= 0.6 is 11.3 Å². The van der Waals surface area contributed by atoms with Gasteiger partial charge in [0.2, 0.25) is 0 Å². The fourth-order valence-corrected chi connectivity index (χ4v) is 3.34. The Morgan fingerprint density at radius 3 is 2.52 bits per heavy atom. The molecule has 3 aromatic rings. The first-order chi connectivity index (χ1) is 13.0. The zero-order chi connectivity index (χ0) is 19.4. The second-order valence-electron chi connectivity index (χ2n) is 6.03. The number of aromatic nitrogens is 1. The molecule has 2 aromatic carbocycles. The summed E-state index contributed by atoms with van der Waals surface area (Å²) < 4.78 is 0. The van der Waals surface area contributed by atoms with Crippen molar-refractivity contribution in [3.05, 3.63) is 70.1 Å². The lowest BCUT2D eigenvalue weighted by molar-refractivity contribution is -0.112. The summed E-state index contributed by atoms with van der Waals surface area (Å²) in [6, 6.07) is 15.0. The molecule has 2 N–H and O–H groups in total. The number of carbonyl (C=O) groups is 1. The molecule has 27 heavy (non-hydrogen) atoms.